The van der Waals surface area contributed by atoms with Gasteiger partial charge in [-0.3, -0.25) is 67.3 Å². The van der Waals surface area contributed by atoms with Gasteiger partial charge in [0.2, 0.25) is 70.9 Å². The zero-order valence-corrected chi connectivity index (χ0v) is 56.2. The number of carboxylic acid groups (broad SMARTS) is 2. The third kappa shape index (κ3) is 26.0. The van der Waals surface area contributed by atoms with Crippen LogP contribution in [0.1, 0.15) is 125 Å². The standard InChI is InChI=1S/C60H100N18O20/c1-8-30(5)45(74-49(87)35(13-10-18-65-60(62)63)69-53(91)41-14-11-19-77(41)57(95)40(27-81)73-51(89)37(21-29(3)4)68-43(83)24-66-48(86)34(61)25-79)55(93)70-36(16-17-44(84)85)50(88)75-46(31(6)9-2)56(94)76-47(32(7)82)58(96)78-20-12-15-42(78)54(92)72-39(26-80)52(90)71-38(59(97)98)22-33-23-64-28-67-33/h23,28-32,34-42,45-47,79-82H,8-22,24-27,61H2,1-7H3,(H,64,67)(H,66,86)(H,68,83)(H,69,91)(H,70,93)(H,71,90)(H,72,92)(H,73,89)(H,74,87)(H,75,88)(H,76,94)(H,84,85)(H,97,98)(H4,62,63,65)/t30-,31-,32+,34-,35-,36-,37-,38-,39-,40-,41-,42-,45-,46-,47-/m0/s1. The van der Waals surface area contributed by atoms with Crippen molar-refractivity contribution in [2.24, 2.45) is 39.9 Å². The number of aromatic amines is 1. The second-order valence-electron chi connectivity index (χ2n) is 24.8. The Hall–Kier alpha value is -9.14. The van der Waals surface area contributed by atoms with E-state index < -0.39 is 212 Å². The molecule has 0 bridgehead atoms. The van der Waals surface area contributed by atoms with Gasteiger partial charge in [-0.15, -0.1) is 0 Å². The molecule has 15 atom stereocenters. The number of guanidine groups is 1. The van der Waals surface area contributed by atoms with Crippen LogP contribution in [0, 0.1) is 17.8 Å². The summed E-state index contributed by atoms with van der Waals surface area (Å²) < 4.78 is 0. The van der Waals surface area contributed by atoms with Gasteiger partial charge in [0.05, 0.1) is 38.8 Å². The van der Waals surface area contributed by atoms with Crippen molar-refractivity contribution in [1.29, 1.82) is 0 Å². The molecule has 0 unspecified atom stereocenters. The number of nitrogens with one attached hydrogen (secondary N) is 11. The summed E-state index contributed by atoms with van der Waals surface area (Å²) in [5.74, 6) is -16.1. The lowest BCUT2D eigenvalue weighted by atomic mass is 9.95. The number of aliphatic hydroxyl groups is 4. The first-order valence-electron chi connectivity index (χ1n) is 32.6. The number of rotatable bonds is 42. The molecule has 0 aliphatic carbocycles. The van der Waals surface area contributed by atoms with Gasteiger partial charge in [-0.05, 0) is 76.0 Å². The molecule has 38 heteroatoms. The minimum absolute atomic E-state index is 0.0232. The minimum Gasteiger partial charge on any atom is -0.481 e. The summed E-state index contributed by atoms with van der Waals surface area (Å²) in [6.45, 7) is 7.71. The van der Waals surface area contributed by atoms with Gasteiger partial charge in [-0.25, -0.2) is 9.78 Å². The smallest absolute Gasteiger partial charge is 0.326 e. The first-order valence-corrected chi connectivity index (χ1v) is 32.6. The quantitative estimate of drug-likeness (QED) is 0.0164. The van der Waals surface area contributed by atoms with Gasteiger partial charge in [0.1, 0.15) is 72.5 Å². The van der Waals surface area contributed by atoms with Crippen LogP contribution in [0.5, 0.6) is 0 Å². The topological polar surface area (TPSA) is 606 Å². The van der Waals surface area contributed by atoms with Crippen molar-refractivity contribution >= 4 is 88.8 Å². The highest BCUT2D eigenvalue weighted by Gasteiger charge is 2.44. The maximum atomic E-state index is 14.5. The van der Waals surface area contributed by atoms with Gasteiger partial charge >= 0.3 is 11.9 Å². The van der Waals surface area contributed by atoms with Crippen LogP contribution >= 0.6 is 0 Å². The van der Waals surface area contributed by atoms with Crippen molar-refractivity contribution in [1.82, 2.24) is 72.9 Å². The molecular formula is C60H100N18O20. The van der Waals surface area contributed by atoms with Crippen LogP contribution in [-0.2, 0) is 73.5 Å². The summed E-state index contributed by atoms with van der Waals surface area (Å²) in [6, 6.07) is -18.0. The van der Waals surface area contributed by atoms with E-state index in [1.807, 2.05) is 0 Å². The minimum atomic E-state index is -1.78. The molecule has 2 fully saturated rings. The summed E-state index contributed by atoms with van der Waals surface area (Å²) in [4.78, 5) is 202. The molecule has 2 saturated heterocycles. The number of hydrogen-bond donors (Lipinski definition) is 20. The van der Waals surface area contributed by atoms with Crippen LogP contribution in [0.25, 0.3) is 0 Å². The Morgan fingerprint density at radius 3 is 1.57 bits per heavy atom. The second-order valence-corrected chi connectivity index (χ2v) is 24.8. The van der Waals surface area contributed by atoms with E-state index in [2.05, 4.69) is 68.1 Å². The first-order chi connectivity index (χ1) is 46.2. The van der Waals surface area contributed by atoms with Gasteiger partial charge in [0.25, 0.3) is 0 Å². The van der Waals surface area contributed by atoms with E-state index in [1.54, 1.807) is 41.5 Å². The molecule has 3 heterocycles. The van der Waals surface area contributed by atoms with Crippen LogP contribution in [0.15, 0.2) is 17.5 Å². The molecule has 0 spiro atoms. The Balaban J connectivity index is 1.85. The lowest BCUT2D eigenvalue weighted by molar-refractivity contribution is -0.145. The lowest BCUT2D eigenvalue weighted by Gasteiger charge is -2.33. The number of carbonyl (C=O) groups is 14. The predicted octanol–water partition coefficient (Wildman–Crippen LogP) is -7.76. The highest BCUT2D eigenvalue weighted by atomic mass is 16.4. The highest BCUT2D eigenvalue weighted by Crippen LogP contribution is 2.23. The Kier molecular flexibility index (Phi) is 34.9. The zero-order valence-electron chi connectivity index (χ0n) is 56.2. The van der Waals surface area contributed by atoms with Crippen LogP contribution in [0.4, 0.5) is 0 Å². The molecule has 38 nitrogen and oxygen atoms in total. The Bertz CT molecular complexity index is 2930. The fraction of sp³-hybridized carbons (Fsp3) is 0.700. The van der Waals surface area contributed by atoms with E-state index in [1.165, 1.54) is 19.4 Å². The predicted molar refractivity (Wildman–Crippen MR) is 346 cm³/mol. The Morgan fingerprint density at radius 2 is 1.09 bits per heavy atom. The van der Waals surface area contributed by atoms with E-state index in [0.29, 0.717) is 5.69 Å². The fourth-order valence-corrected chi connectivity index (χ4v) is 10.7. The number of amides is 12. The maximum Gasteiger partial charge on any atom is 0.326 e. The third-order valence-corrected chi connectivity index (χ3v) is 16.7. The molecule has 98 heavy (non-hydrogen) atoms. The summed E-state index contributed by atoms with van der Waals surface area (Å²) >= 11 is 0. The molecule has 0 aromatic carbocycles. The normalized spacial score (nSPS) is 18.3. The Labute approximate surface area is 566 Å². The number of carbonyl (C=O) groups excluding carboxylic acids is 12. The van der Waals surface area contributed by atoms with Crippen molar-refractivity contribution in [2.45, 2.75) is 204 Å². The number of H-pyrrole nitrogens is 1. The van der Waals surface area contributed by atoms with Gasteiger partial charge < -0.3 is 116 Å². The number of nitrogens with two attached hydrogens (primary N) is 3. The van der Waals surface area contributed by atoms with Gasteiger partial charge in [-0.1, -0.05) is 54.4 Å². The van der Waals surface area contributed by atoms with Crippen molar-refractivity contribution in [2.75, 3.05) is 46.0 Å². The molecule has 3 rings (SSSR count). The number of aliphatic hydroxyl groups excluding tert-OH is 4. The van der Waals surface area contributed by atoms with Gasteiger partial charge in [-0.2, -0.15) is 0 Å². The van der Waals surface area contributed by atoms with E-state index in [4.69, 9.17) is 22.3 Å². The average molecular weight is 1390 g/mol. The lowest BCUT2D eigenvalue weighted by Crippen LogP contribution is -2.63. The van der Waals surface area contributed by atoms with Gasteiger partial charge in [0, 0.05) is 44.4 Å². The molecule has 23 N–H and O–H groups in total. The van der Waals surface area contributed by atoms with Crippen LogP contribution in [0.3, 0.4) is 0 Å². The first kappa shape index (κ1) is 83.1. The number of likely N-dealkylation sites (tertiary alicyclic amines) is 2. The summed E-state index contributed by atoms with van der Waals surface area (Å²) in [5, 5.41) is 84.7. The summed E-state index contributed by atoms with van der Waals surface area (Å²) in [5.41, 5.74) is 16.9. The maximum absolute atomic E-state index is 14.5. The number of aliphatic carboxylic acids is 2. The molecular weight excluding hydrogens is 1290 g/mol. The molecule has 550 valence electrons. The third-order valence-electron chi connectivity index (χ3n) is 16.7. The van der Waals surface area contributed by atoms with Crippen LogP contribution in [0.2, 0.25) is 0 Å². The second kappa shape index (κ2) is 41.2. The monoisotopic (exact) mass is 1390 g/mol. The van der Waals surface area contributed by atoms with Crippen LogP contribution < -0.4 is 70.4 Å². The number of hydrogen-bond acceptors (Lipinski definition) is 21. The van der Waals surface area contributed by atoms with E-state index in [0.717, 1.165) is 9.80 Å². The number of aromatic nitrogens is 2. The molecule has 1 aromatic rings. The molecule has 12 amide bonds. The molecule has 2 aliphatic rings. The summed E-state index contributed by atoms with van der Waals surface area (Å²) in [6.07, 6.45) is 0.381. The van der Waals surface area contributed by atoms with E-state index in [9.17, 15) is 92.7 Å². The van der Waals surface area contributed by atoms with Crippen molar-refractivity contribution in [3.8, 4) is 0 Å². The average Bonchev–Trinajstić information content (AvgIpc) is 1.57. The van der Waals surface area contributed by atoms with E-state index >= 15 is 0 Å². The molecule has 0 radical (unpaired) electrons. The largest absolute Gasteiger partial charge is 0.481 e. The molecule has 2 aliphatic heterocycles. The van der Waals surface area contributed by atoms with E-state index in [-0.39, 0.29) is 95.7 Å². The molecule has 1 aromatic heterocycles. The SMILES string of the molecule is CC[C@H](C)[C@H](NC(=O)[C@H](CCCN=C(N)N)NC(=O)[C@@H]1CCCN1C(=O)[C@H](CO)NC(=O)[C@H](CC(C)C)NC(=O)CNC(=O)[C@@H](N)CO)C(=O)N[C@@H](CCC(=O)O)C(=O)N[C@H](C(=O)N[C@H](C(=O)N1CCC[C@H]1C(=O)N[C@@H](CO)C(=O)N[C@@H](Cc1cnc[nH]1)C(=O)O)[C@@H](C)O)[C@@H](C)CC. The van der Waals surface area contributed by atoms with Gasteiger partial charge in [0.15, 0.2) is 5.96 Å². The number of aliphatic imine (C=N–C) groups is 1. The van der Waals surface area contributed by atoms with Crippen molar-refractivity contribution in [3.05, 3.63) is 18.2 Å². The Morgan fingerprint density at radius 1 is 0.602 bits per heavy atom. The fourth-order valence-electron chi connectivity index (χ4n) is 10.7. The summed E-state index contributed by atoms with van der Waals surface area (Å²) in [7, 11) is 0. The zero-order chi connectivity index (χ0) is 73.7. The number of imidazole rings is 1. The van der Waals surface area contributed by atoms with Crippen molar-refractivity contribution in [3.63, 3.8) is 0 Å². The van der Waals surface area contributed by atoms with Crippen molar-refractivity contribution < 1.29 is 97.8 Å². The number of nitrogens with zero attached hydrogens (tertiary/aromatic N) is 4. The van der Waals surface area contributed by atoms with Crippen LogP contribution in [-0.4, -0.2) is 264 Å². The molecule has 0 saturated carbocycles. The highest BCUT2D eigenvalue weighted by molar-refractivity contribution is 6.00. The number of carboxylic acids is 2.